The Hall–Kier alpha value is -0.960. The van der Waals surface area contributed by atoms with Crippen LogP contribution < -0.4 is 0 Å². The Bertz CT molecular complexity index is 157. The van der Waals surface area contributed by atoms with E-state index in [1.165, 1.54) is 12.8 Å². The Kier molecular flexibility index (Phi) is 5.21. The maximum atomic E-state index is 3.71. The first-order chi connectivity index (χ1) is 5.36. The summed E-state index contributed by atoms with van der Waals surface area (Å²) in [7, 11) is 0. The number of rotatable bonds is 4. The summed E-state index contributed by atoms with van der Waals surface area (Å²) >= 11 is 0. The summed E-state index contributed by atoms with van der Waals surface area (Å²) in [4.78, 5) is 4.38. The first kappa shape index (κ1) is 11.0. The molecular weight excluding hydrogens is 152 g/mol. The molecule has 2 N–H and O–H groups in total. The van der Waals surface area contributed by atoms with Gasteiger partial charge in [-0.2, -0.15) is 0 Å². The Morgan fingerprint density at radius 2 is 2.25 bits per heavy atom. The van der Waals surface area contributed by atoms with Gasteiger partial charge in [-0.3, -0.25) is 0 Å². The number of hydrogen-bond acceptors (Lipinski definition) is 2. The summed E-state index contributed by atoms with van der Waals surface area (Å²) in [6, 6.07) is 0. The van der Waals surface area contributed by atoms with Crippen LogP contribution in [0, 0.1) is 0 Å². The summed E-state index contributed by atoms with van der Waals surface area (Å²) in [6.45, 7) is 8.06. The van der Waals surface area contributed by atoms with Crippen molar-refractivity contribution in [3.8, 4) is 0 Å². The first-order valence-electron chi connectivity index (χ1n) is 4.17. The van der Waals surface area contributed by atoms with Crippen LogP contribution in [0.25, 0.3) is 0 Å². The zero-order valence-corrected chi connectivity index (χ0v) is 7.66. The largest absolute Gasteiger partial charge is 0.412 e. The third kappa shape index (κ3) is 2.96. The van der Waals surface area contributed by atoms with E-state index in [1.54, 1.807) is 0 Å². The Labute approximate surface area is 74.3 Å². The van der Waals surface area contributed by atoms with Crippen molar-refractivity contribution in [2.45, 2.75) is 19.8 Å². The molecule has 1 heterocycles. The highest BCUT2D eigenvalue weighted by Crippen LogP contribution is 2.06. The lowest BCUT2D eigenvalue weighted by Gasteiger charge is -2.17. The molecule has 3 nitrogen and oxygen atoms in total. The maximum Gasteiger partial charge on any atom is 0.0935 e. The number of nitrogens with zero attached hydrogens (tertiary/aromatic N) is 2. The van der Waals surface area contributed by atoms with Gasteiger partial charge in [-0.05, 0) is 12.6 Å². The van der Waals surface area contributed by atoms with E-state index in [0.717, 1.165) is 13.2 Å². The lowest BCUT2D eigenvalue weighted by molar-refractivity contribution is 0.310. The minimum atomic E-state index is 0. The van der Waals surface area contributed by atoms with Crippen molar-refractivity contribution >= 4 is 0 Å². The van der Waals surface area contributed by atoms with Crippen LogP contribution in [0.1, 0.15) is 19.8 Å². The van der Waals surface area contributed by atoms with Crippen molar-refractivity contribution in [1.82, 2.24) is 9.80 Å². The van der Waals surface area contributed by atoms with E-state index in [4.69, 9.17) is 0 Å². The molecule has 1 rings (SSSR count). The van der Waals surface area contributed by atoms with E-state index in [2.05, 4.69) is 35.7 Å². The molecular formula is C9H18N2O. The fourth-order valence-electron chi connectivity index (χ4n) is 1.11. The van der Waals surface area contributed by atoms with Gasteiger partial charge < -0.3 is 15.3 Å². The molecule has 0 aliphatic carbocycles. The van der Waals surface area contributed by atoms with Crippen molar-refractivity contribution in [2.75, 3.05) is 13.2 Å². The van der Waals surface area contributed by atoms with E-state index >= 15 is 0 Å². The molecule has 0 bridgehead atoms. The van der Waals surface area contributed by atoms with Crippen LogP contribution in [0.3, 0.4) is 0 Å². The average Bonchev–Trinajstić information content (AvgIpc) is 2.48. The third-order valence-corrected chi connectivity index (χ3v) is 1.85. The molecule has 1 aliphatic heterocycles. The highest BCUT2D eigenvalue weighted by molar-refractivity contribution is 4.94. The maximum absolute atomic E-state index is 3.71. The average molecular weight is 170 g/mol. The molecule has 0 aromatic heterocycles. The molecule has 0 atom stereocenters. The minimum absolute atomic E-state index is 0. The van der Waals surface area contributed by atoms with Crippen LogP contribution in [-0.2, 0) is 0 Å². The predicted octanol–water partition coefficient (Wildman–Crippen LogP) is 1.15. The van der Waals surface area contributed by atoms with Gasteiger partial charge in [-0.1, -0.05) is 19.9 Å². The van der Waals surface area contributed by atoms with Crippen LogP contribution in [0.4, 0.5) is 0 Å². The molecule has 70 valence electrons. The van der Waals surface area contributed by atoms with Crippen LogP contribution in [0.15, 0.2) is 25.2 Å². The zero-order valence-electron chi connectivity index (χ0n) is 7.66. The standard InChI is InChI=1S/C9H16N2.H2O/c1-3-5-6-11-8-7-10(4-2)9-11;/h4,7-8H,2-3,5-6,9H2,1H3;1H2. The van der Waals surface area contributed by atoms with Gasteiger partial charge in [-0.25, -0.2) is 0 Å². The Morgan fingerprint density at radius 3 is 2.75 bits per heavy atom. The van der Waals surface area contributed by atoms with Gasteiger partial charge in [0.1, 0.15) is 0 Å². The molecule has 0 fully saturated rings. The van der Waals surface area contributed by atoms with Gasteiger partial charge in [0.05, 0.1) is 6.67 Å². The van der Waals surface area contributed by atoms with E-state index in [-0.39, 0.29) is 5.48 Å². The zero-order chi connectivity index (χ0) is 8.10. The fraction of sp³-hybridized carbons (Fsp3) is 0.556. The SMILES string of the molecule is C=CN1C=CN(CCCC)C1.O. The predicted molar refractivity (Wildman–Crippen MR) is 51.3 cm³/mol. The van der Waals surface area contributed by atoms with Crippen LogP contribution >= 0.6 is 0 Å². The summed E-state index contributed by atoms with van der Waals surface area (Å²) in [5.41, 5.74) is 0. The van der Waals surface area contributed by atoms with E-state index < -0.39 is 0 Å². The van der Waals surface area contributed by atoms with Crippen LogP contribution in [0.2, 0.25) is 0 Å². The molecule has 0 saturated carbocycles. The summed E-state index contributed by atoms with van der Waals surface area (Å²) in [6.07, 6.45) is 8.57. The van der Waals surface area contributed by atoms with Gasteiger partial charge in [0.15, 0.2) is 0 Å². The lowest BCUT2D eigenvalue weighted by atomic mass is 10.3. The highest BCUT2D eigenvalue weighted by atomic mass is 16.0. The van der Waals surface area contributed by atoms with Crippen LogP contribution in [0.5, 0.6) is 0 Å². The molecule has 0 radical (unpaired) electrons. The molecule has 0 amide bonds. The highest BCUT2D eigenvalue weighted by Gasteiger charge is 2.07. The van der Waals surface area contributed by atoms with Gasteiger partial charge in [0.25, 0.3) is 0 Å². The molecule has 0 spiro atoms. The molecule has 0 saturated heterocycles. The quantitative estimate of drug-likeness (QED) is 0.634. The normalized spacial score (nSPS) is 14.8. The monoisotopic (exact) mass is 170 g/mol. The van der Waals surface area contributed by atoms with Crippen molar-refractivity contribution in [3.05, 3.63) is 25.2 Å². The van der Waals surface area contributed by atoms with Crippen molar-refractivity contribution < 1.29 is 5.48 Å². The molecule has 0 aromatic carbocycles. The molecule has 12 heavy (non-hydrogen) atoms. The second-order valence-corrected chi connectivity index (χ2v) is 2.80. The third-order valence-electron chi connectivity index (χ3n) is 1.85. The van der Waals surface area contributed by atoms with Crippen molar-refractivity contribution in [2.24, 2.45) is 0 Å². The summed E-state index contributed by atoms with van der Waals surface area (Å²) < 4.78 is 0. The van der Waals surface area contributed by atoms with Gasteiger partial charge in [0, 0.05) is 18.9 Å². The Morgan fingerprint density at radius 1 is 1.50 bits per heavy atom. The Balaban J connectivity index is 0.00000121. The summed E-state index contributed by atoms with van der Waals surface area (Å²) in [5, 5.41) is 0. The second kappa shape index (κ2) is 5.66. The minimum Gasteiger partial charge on any atom is -0.412 e. The topological polar surface area (TPSA) is 38.0 Å². The molecule has 0 unspecified atom stereocenters. The first-order valence-corrected chi connectivity index (χ1v) is 4.17. The van der Waals surface area contributed by atoms with Gasteiger partial charge in [0.2, 0.25) is 0 Å². The van der Waals surface area contributed by atoms with E-state index in [9.17, 15) is 0 Å². The van der Waals surface area contributed by atoms with Gasteiger partial charge in [-0.15, -0.1) is 0 Å². The van der Waals surface area contributed by atoms with Crippen molar-refractivity contribution in [1.29, 1.82) is 0 Å². The smallest absolute Gasteiger partial charge is 0.0935 e. The molecule has 3 heteroatoms. The lowest BCUT2D eigenvalue weighted by Crippen LogP contribution is -2.22. The molecule has 0 aromatic rings. The number of hydrogen-bond donors (Lipinski definition) is 0. The number of unbranched alkanes of at least 4 members (excludes halogenated alkanes) is 1. The summed E-state index contributed by atoms with van der Waals surface area (Å²) in [5.74, 6) is 0. The van der Waals surface area contributed by atoms with E-state index in [1.807, 2.05) is 6.20 Å². The van der Waals surface area contributed by atoms with Gasteiger partial charge >= 0.3 is 0 Å². The fourth-order valence-corrected chi connectivity index (χ4v) is 1.11. The second-order valence-electron chi connectivity index (χ2n) is 2.80. The molecule has 1 aliphatic rings. The van der Waals surface area contributed by atoms with Crippen molar-refractivity contribution in [3.63, 3.8) is 0 Å². The van der Waals surface area contributed by atoms with Crippen LogP contribution in [-0.4, -0.2) is 28.5 Å². The van der Waals surface area contributed by atoms with E-state index in [0.29, 0.717) is 0 Å².